The zero-order chi connectivity index (χ0) is 16.9. The number of rotatable bonds is 6. The lowest BCUT2D eigenvalue weighted by molar-refractivity contribution is -0.131. The lowest BCUT2D eigenvalue weighted by Gasteiger charge is -2.40. The predicted octanol–water partition coefficient (Wildman–Crippen LogP) is 2.62. The van der Waals surface area contributed by atoms with E-state index in [0.29, 0.717) is 19.4 Å². The molecule has 22 heavy (non-hydrogen) atoms. The summed E-state index contributed by atoms with van der Waals surface area (Å²) in [5.74, 6) is -1.19. The van der Waals surface area contributed by atoms with Crippen LogP contribution in [0.25, 0.3) is 0 Å². The smallest absolute Gasteiger partial charge is 0.410 e. The third kappa shape index (κ3) is 5.50. The molecule has 1 aliphatic heterocycles. The maximum atomic E-state index is 12.3. The van der Waals surface area contributed by atoms with E-state index in [0.717, 1.165) is 6.08 Å². The second-order valence-corrected chi connectivity index (χ2v) is 6.51. The fraction of sp³-hybridized carbons (Fsp3) is 0.688. The molecule has 0 saturated carbocycles. The number of Topliss-reactive ketones (excluding diaryl/α,β-unsaturated/α-hetero) is 1. The number of hydrogen-bond acceptors (Lipinski definition) is 4. The second kappa shape index (κ2) is 7.42. The maximum absolute atomic E-state index is 12.3. The molecule has 0 radical (unpaired) electrons. The molecule has 124 valence electrons. The summed E-state index contributed by atoms with van der Waals surface area (Å²) in [6, 6.07) is -0.442. The molecule has 1 heterocycles. The van der Waals surface area contributed by atoms with Crippen molar-refractivity contribution in [3.63, 3.8) is 0 Å². The number of likely N-dealkylation sites (tertiary alicyclic amines) is 1. The third-order valence-electron chi connectivity index (χ3n) is 3.52. The van der Waals surface area contributed by atoms with Crippen LogP contribution in [0.15, 0.2) is 12.2 Å². The van der Waals surface area contributed by atoms with Gasteiger partial charge in [-0.3, -0.25) is 9.69 Å². The molecule has 0 bridgehead atoms. The Hall–Kier alpha value is -1.85. The van der Waals surface area contributed by atoms with Gasteiger partial charge in [0.15, 0.2) is 5.78 Å². The standard InChI is InChI=1S/C16H25NO5/c1-5-11(6-7-14(19)20)10-13(18)12-8-9-17(12)15(21)22-16(2,3)4/h6-7,11-12H,5,8-10H2,1-4H3,(H,19,20)/b7-6+/t11-,12-/m0/s1. The van der Waals surface area contributed by atoms with Gasteiger partial charge in [0, 0.05) is 19.0 Å². The summed E-state index contributed by atoms with van der Waals surface area (Å²) in [6.07, 6.45) is 3.69. The topological polar surface area (TPSA) is 83.9 Å². The van der Waals surface area contributed by atoms with E-state index in [-0.39, 0.29) is 18.1 Å². The normalized spacial score (nSPS) is 19.6. The van der Waals surface area contributed by atoms with Gasteiger partial charge in [-0.05, 0) is 39.5 Å². The van der Waals surface area contributed by atoms with E-state index in [2.05, 4.69) is 0 Å². The van der Waals surface area contributed by atoms with Gasteiger partial charge >= 0.3 is 12.1 Å². The summed E-state index contributed by atoms with van der Waals surface area (Å²) in [7, 11) is 0. The Morgan fingerprint density at radius 3 is 2.41 bits per heavy atom. The summed E-state index contributed by atoms with van der Waals surface area (Å²) in [5.41, 5.74) is -0.587. The van der Waals surface area contributed by atoms with Crippen molar-refractivity contribution < 1.29 is 24.2 Å². The quantitative estimate of drug-likeness (QED) is 0.762. The molecule has 6 heteroatoms. The van der Waals surface area contributed by atoms with Gasteiger partial charge < -0.3 is 9.84 Å². The average Bonchev–Trinajstić information content (AvgIpc) is 2.30. The van der Waals surface area contributed by atoms with Gasteiger partial charge in [0.05, 0.1) is 6.04 Å². The summed E-state index contributed by atoms with van der Waals surface area (Å²) in [6.45, 7) is 7.77. The van der Waals surface area contributed by atoms with Gasteiger partial charge in [0.1, 0.15) is 5.60 Å². The Kier molecular flexibility index (Phi) is 6.14. The van der Waals surface area contributed by atoms with Crippen molar-refractivity contribution in [1.29, 1.82) is 0 Å². The Balaban J connectivity index is 2.58. The first-order valence-electron chi connectivity index (χ1n) is 7.57. The predicted molar refractivity (Wildman–Crippen MR) is 81.5 cm³/mol. The van der Waals surface area contributed by atoms with Crippen LogP contribution in [0.4, 0.5) is 4.79 Å². The van der Waals surface area contributed by atoms with E-state index >= 15 is 0 Å². The zero-order valence-electron chi connectivity index (χ0n) is 13.7. The van der Waals surface area contributed by atoms with Crippen LogP contribution in [0, 0.1) is 5.92 Å². The lowest BCUT2D eigenvalue weighted by atomic mass is 9.90. The highest BCUT2D eigenvalue weighted by Gasteiger charge is 2.39. The van der Waals surface area contributed by atoms with Crippen LogP contribution in [0.1, 0.15) is 47.0 Å². The first-order valence-corrected chi connectivity index (χ1v) is 7.57. The molecular formula is C16H25NO5. The number of amides is 1. The van der Waals surface area contributed by atoms with Gasteiger partial charge in [-0.1, -0.05) is 13.0 Å². The number of carboxylic acid groups (broad SMARTS) is 1. The Labute approximate surface area is 131 Å². The minimum absolute atomic E-state index is 0.0426. The van der Waals surface area contributed by atoms with Crippen LogP contribution in [0.5, 0.6) is 0 Å². The average molecular weight is 311 g/mol. The van der Waals surface area contributed by atoms with E-state index in [4.69, 9.17) is 9.84 Å². The summed E-state index contributed by atoms with van der Waals surface area (Å²) in [4.78, 5) is 36.3. The van der Waals surface area contributed by atoms with E-state index in [9.17, 15) is 14.4 Å². The number of ketones is 1. The summed E-state index contributed by atoms with van der Waals surface area (Å²) < 4.78 is 5.28. The molecule has 1 N–H and O–H groups in total. The van der Waals surface area contributed by atoms with Crippen molar-refractivity contribution in [3.05, 3.63) is 12.2 Å². The summed E-state index contributed by atoms with van der Waals surface area (Å²) >= 11 is 0. The lowest BCUT2D eigenvalue weighted by Crippen LogP contribution is -2.56. The van der Waals surface area contributed by atoms with E-state index in [1.54, 1.807) is 20.8 Å². The monoisotopic (exact) mass is 311 g/mol. The third-order valence-corrected chi connectivity index (χ3v) is 3.52. The Morgan fingerprint density at radius 1 is 1.36 bits per heavy atom. The van der Waals surface area contributed by atoms with Crippen molar-refractivity contribution >= 4 is 17.8 Å². The molecule has 2 atom stereocenters. The Morgan fingerprint density at radius 2 is 2.00 bits per heavy atom. The van der Waals surface area contributed by atoms with Crippen molar-refractivity contribution in [1.82, 2.24) is 4.90 Å². The molecule has 1 amide bonds. The van der Waals surface area contributed by atoms with Gasteiger partial charge in [0.25, 0.3) is 0 Å². The van der Waals surface area contributed by atoms with Crippen molar-refractivity contribution in [2.45, 2.75) is 58.6 Å². The molecule has 1 fully saturated rings. The zero-order valence-corrected chi connectivity index (χ0v) is 13.7. The highest BCUT2D eigenvalue weighted by atomic mass is 16.6. The fourth-order valence-electron chi connectivity index (χ4n) is 2.22. The van der Waals surface area contributed by atoms with Crippen LogP contribution in [-0.4, -0.2) is 46.0 Å². The van der Waals surface area contributed by atoms with Crippen molar-refractivity contribution in [2.75, 3.05) is 6.54 Å². The van der Waals surface area contributed by atoms with Gasteiger partial charge in [-0.25, -0.2) is 9.59 Å². The van der Waals surface area contributed by atoms with Crippen molar-refractivity contribution in [2.24, 2.45) is 5.92 Å². The van der Waals surface area contributed by atoms with E-state index in [1.165, 1.54) is 11.0 Å². The highest BCUT2D eigenvalue weighted by molar-refractivity contribution is 5.89. The molecule has 0 aromatic heterocycles. The number of hydrogen-bond donors (Lipinski definition) is 1. The molecule has 0 aromatic carbocycles. The molecule has 0 spiro atoms. The molecule has 0 aromatic rings. The largest absolute Gasteiger partial charge is 0.478 e. The highest BCUT2D eigenvalue weighted by Crippen LogP contribution is 2.25. The van der Waals surface area contributed by atoms with Crippen LogP contribution in [0.2, 0.25) is 0 Å². The van der Waals surface area contributed by atoms with Gasteiger partial charge in [-0.15, -0.1) is 0 Å². The Bertz CT molecular complexity index is 464. The number of carboxylic acids is 1. The number of carbonyl (C=O) groups is 3. The number of carbonyl (C=O) groups excluding carboxylic acids is 2. The summed E-state index contributed by atoms with van der Waals surface area (Å²) in [5, 5.41) is 8.64. The minimum Gasteiger partial charge on any atom is -0.478 e. The molecular weight excluding hydrogens is 286 g/mol. The van der Waals surface area contributed by atoms with Gasteiger partial charge in [-0.2, -0.15) is 0 Å². The number of nitrogens with zero attached hydrogens (tertiary/aromatic N) is 1. The first-order chi connectivity index (χ1) is 10.1. The molecule has 1 saturated heterocycles. The molecule has 6 nitrogen and oxygen atoms in total. The second-order valence-electron chi connectivity index (χ2n) is 6.51. The van der Waals surface area contributed by atoms with Crippen LogP contribution in [-0.2, 0) is 14.3 Å². The fourth-order valence-corrected chi connectivity index (χ4v) is 2.22. The van der Waals surface area contributed by atoms with Crippen molar-refractivity contribution in [3.8, 4) is 0 Å². The van der Waals surface area contributed by atoms with Crippen LogP contribution in [0.3, 0.4) is 0 Å². The minimum atomic E-state index is -1.02. The van der Waals surface area contributed by atoms with E-state index < -0.39 is 23.7 Å². The molecule has 0 unspecified atom stereocenters. The molecule has 1 rings (SSSR count). The van der Waals surface area contributed by atoms with Crippen LogP contribution >= 0.6 is 0 Å². The maximum Gasteiger partial charge on any atom is 0.410 e. The molecule has 1 aliphatic rings. The number of aliphatic carboxylic acids is 1. The van der Waals surface area contributed by atoms with Gasteiger partial charge in [0.2, 0.25) is 0 Å². The number of ether oxygens (including phenoxy) is 1. The first kappa shape index (κ1) is 18.2. The SMILES string of the molecule is CC[C@@H](/C=C/C(=O)O)CC(=O)[C@@H]1CCN1C(=O)OC(C)(C)C. The molecule has 0 aliphatic carbocycles. The van der Waals surface area contributed by atoms with E-state index in [1.807, 2.05) is 6.92 Å². The number of allylic oxidation sites excluding steroid dienone is 1. The van der Waals surface area contributed by atoms with Crippen LogP contribution < -0.4 is 0 Å².